The highest BCUT2D eigenvalue weighted by Gasteiger charge is 2.39. The van der Waals surface area contributed by atoms with Gasteiger partial charge in [0.1, 0.15) is 17.3 Å². The topological polar surface area (TPSA) is 55.8 Å². The highest BCUT2D eigenvalue weighted by atomic mass is 19.1. The zero-order valence-corrected chi connectivity index (χ0v) is 16.4. The van der Waals surface area contributed by atoms with Crippen LogP contribution in [0.2, 0.25) is 0 Å². The number of ether oxygens (including phenoxy) is 2. The average Bonchev–Trinajstić information content (AvgIpc) is 2.73. The summed E-state index contributed by atoms with van der Waals surface area (Å²) in [4.78, 5) is 27.7. The third-order valence-corrected chi connectivity index (χ3v) is 5.54. The molecule has 0 fully saturated rings. The van der Waals surface area contributed by atoms with Crippen molar-refractivity contribution in [3.8, 4) is 11.5 Å². The Morgan fingerprint density at radius 3 is 2.24 bits per heavy atom. The third kappa shape index (κ3) is 3.50. The summed E-state index contributed by atoms with van der Waals surface area (Å²) in [5.41, 5.74) is 2.78. The number of benzene rings is 2. The first-order valence-electron chi connectivity index (χ1n) is 9.59. The molecule has 2 aliphatic rings. The van der Waals surface area contributed by atoms with Gasteiger partial charge in [-0.3, -0.25) is 14.5 Å². The van der Waals surface area contributed by atoms with E-state index in [1.807, 2.05) is 0 Å². The average molecular weight is 395 g/mol. The molecular formula is C23H22FNO4. The number of carbonyl (C=O) groups excluding carboxylic acids is 2. The largest absolute Gasteiger partial charge is 0.497 e. The van der Waals surface area contributed by atoms with Gasteiger partial charge < -0.3 is 9.47 Å². The maximum absolute atomic E-state index is 13.4. The summed E-state index contributed by atoms with van der Waals surface area (Å²) >= 11 is 0. The predicted octanol–water partition coefficient (Wildman–Crippen LogP) is 4.37. The van der Waals surface area contributed by atoms with E-state index < -0.39 is 0 Å². The van der Waals surface area contributed by atoms with Gasteiger partial charge in [-0.1, -0.05) is 12.1 Å². The molecule has 0 radical (unpaired) electrons. The molecule has 0 spiro atoms. The molecule has 4 rings (SSSR count). The van der Waals surface area contributed by atoms with Crippen LogP contribution in [0.4, 0.5) is 10.1 Å². The van der Waals surface area contributed by atoms with Crippen molar-refractivity contribution in [3.05, 3.63) is 65.1 Å². The second-order valence-electron chi connectivity index (χ2n) is 7.25. The Balaban J connectivity index is 1.85. The monoisotopic (exact) mass is 395 g/mol. The molecule has 0 bridgehead atoms. The van der Waals surface area contributed by atoms with Gasteiger partial charge in [0.15, 0.2) is 5.78 Å². The van der Waals surface area contributed by atoms with E-state index in [1.165, 1.54) is 12.1 Å². The number of carbonyl (C=O) groups is 2. The van der Waals surface area contributed by atoms with Crippen LogP contribution < -0.4 is 14.4 Å². The predicted molar refractivity (Wildman–Crippen MR) is 107 cm³/mol. The van der Waals surface area contributed by atoms with Crippen LogP contribution in [0.3, 0.4) is 0 Å². The van der Waals surface area contributed by atoms with E-state index in [4.69, 9.17) is 9.47 Å². The van der Waals surface area contributed by atoms with Crippen molar-refractivity contribution in [2.45, 2.75) is 31.6 Å². The van der Waals surface area contributed by atoms with E-state index in [9.17, 15) is 14.0 Å². The number of nitrogens with zero attached hydrogens (tertiary/aromatic N) is 1. The second-order valence-corrected chi connectivity index (χ2v) is 7.25. The Morgan fingerprint density at radius 2 is 1.62 bits per heavy atom. The van der Waals surface area contributed by atoms with Gasteiger partial charge in [-0.15, -0.1) is 0 Å². The van der Waals surface area contributed by atoms with Crippen LogP contribution >= 0.6 is 0 Å². The molecule has 1 unspecified atom stereocenters. The SMILES string of the molecule is COc1cc(OC)cc(N2C(=O)CC(c3ccc(F)cc3)C3=C2CCCC3=O)c1. The van der Waals surface area contributed by atoms with E-state index in [2.05, 4.69) is 0 Å². The number of amides is 1. The summed E-state index contributed by atoms with van der Waals surface area (Å²) in [6.07, 6.45) is 1.93. The Morgan fingerprint density at radius 1 is 0.966 bits per heavy atom. The fourth-order valence-corrected chi connectivity index (χ4v) is 4.19. The number of hydrogen-bond acceptors (Lipinski definition) is 4. The highest BCUT2D eigenvalue weighted by Crippen LogP contribution is 2.44. The molecule has 5 nitrogen and oxygen atoms in total. The van der Waals surface area contributed by atoms with E-state index in [0.29, 0.717) is 42.0 Å². The van der Waals surface area contributed by atoms with Crippen molar-refractivity contribution in [1.29, 1.82) is 0 Å². The van der Waals surface area contributed by atoms with Gasteiger partial charge in [0.25, 0.3) is 0 Å². The van der Waals surface area contributed by atoms with Crippen LogP contribution in [-0.2, 0) is 9.59 Å². The van der Waals surface area contributed by atoms with Crippen LogP contribution in [-0.4, -0.2) is 25.9 Å². The van der Waals surface area contributed by atoms with Crippen LogP contribution in [0.25, 0.3) is 0 Å². The van der Waals surface area contributed by atoms with Gasteiger partial charge >= 0.3 is 0 Å². The Kier molecular flexibility index (Phi) is 5.09. The molecule has 150 valence electrons. The van der Waals surface area contributed by atoms with Gasteiger partial charge in [0.05, 0.1) is 19.9 Å². The van der Waals surface area contributed by atoms with Crippen molar-refractivity contribution < 1.29 is 23.5 Å². The molecule has 1 heterocycles. The quantitative estimate of drug-likeness (QED) is 0.771. The maximum atomic E-state index is 13.4. The smallest absolute Gasteiger partial charge is 0.232 e. The fraction of sp³-hybridized carbons (Fsp3) is 0.304. The molecule has 1 aliphatic carbocycles. The summed E-state index contributed by atoms with van der Waals surface area (Å²) in [5, 5.41) is 0. The van der Waals surface area contributed by atoms with Crippen molar-refractivity contribution in [2.75, 3.05) is 19.1 Å². The minimum absolute atomic E-state index is 0.0490. The van der Waals surface area contributed by atoms with Crippen LogP contribution in [0.1, 0.15) is 37.2 Å². The minimum atomic E-state index is -0.352. The molecule has 0 saturated heterocycles. The lowest BCUT2D eigenvalue weighted by atomic mass is 9.77. The van der Waals surface area contributed by atoms with Gasteiger partial charge in [-0.2, -0.15) is 0 Å². The van der Waals surface area contributed by atoms with E-state index >= 15 is 0 Å². The summed E-state index contributed by atoms with van der Waals surface area (Å²) in [6, 6.07) is 11.3. The maximum Gasteiger partial charge on any atom is 0.232 e. The summed E-state index contributed by atoms with van der Waals surface area (Å²) < 4.78 is 24.1. The van der Waals surface area contributed by atoms with Crippen molar-refractivity contribution in [3.63, 3.8) is 0 Å². The molecule has 0 aromatic heterocycles. The first kappa shape index (κ1) is 19.2. The Bertz CT molecular complexity index is 974. The van der Waals surface area contributed by atoms with E-state index in [0.717, 1.165) is 11.3 Å². The Hall–Kier alpha value is -3.15. The number of ketones is 1. The molecule has 0 saturated carbocycles. The van der Waals surface area contributed by atoms with Gasteiger partial charge in [-0.25, -0.2) is 4.39 Å². The minimum Gasteiger partial charge on any atom is -0.497 e. The van der Waals surface area contributed by atoms with Gasteiger partial charge in [0, 0.05) is 48.2 Å². The molecular weight excluding hydrogens is 373 g/mol. The summed E-state index contributed by atoms with van der Waals surface area (Å²) in [6.45, 7) is 0. The lowest BCUT2D eigenvalue weighted by molar-refractivity contribution is -0.119. The molecule has 2 aromatic rings. The first-order valence-corrected chi connectivity index (χ1v) is 9.59. The number of hydrogen-bond donors (Lipinski definition) is 0. The Labute approximate surface area is 168 Å². The molecule has 0 N–H and O–H groups in total. The summed E-state index contributed by atoms with van der Waals surface area (Å²) in [7, 11) is 3.10. The molecule has 1 amide bonds. The number of halogens is 1. The molecule has 29 heavy (non-hydrogen) atoms. The molecule has 6 heteroatoms. The van der Waals surface area contributed by atoms with E-state index in [-0.39, 0.29) is 29.8 Å². The zero-order valence-electron chi connectivity index (χ0n) is 16.4. The van der Waals surface area contributed by atoms with Crippen LogP contribution in [0.15, 0.2) is 53.7 Å². The fourth-order valence-electron chi connectivity index (χ4n) is 4.19. The van der Waals surface area contributed by atoms with Gasteiger partial charge in [0.2, 0.25) is 5.91 Å². The lowest BCUT2D eigenvalue weighted by Gasteiger charge is -2.38. The second kappa shape index (κ2) is 7.70. The van der Waals surface area contributed by atoms with Crippen molar-refractivity contribution >= 4 is 17.4 Å². The van der Waals surface area contributed by atoms with Crippen molar-refractivity contribution in [1.82, 2.24) is 0 Å². The summed E-state index contributed by atoms with van der Waals surface area (Å²) in [5.74, 6) is 0.380. The number of allylic oxidation sites excluding steroid dienone is 2. The van der Waals surface area contributed by atoms with Gasteiger partial charge in [-0.05, 0) is 30.5 Å². The van der Waals surface area contributed by atoms with Crippen LogP contribution in [0, 0.1) is 5.82 Å². The normalized spacial score (nSPS) is 19.3. The standard InChI is InChI=1S/C23H22FNO4/c1-28-17-10-16(11-18(12-17)29-2)25-20-4-3-5-21(26)23(20)19(13-22(25)27)14-6-8-15(24)9-7-14/h6-12,19H,3-5,13H2,1-2H3. The number of Topliss-reactive ketones (excluding diaryl/α,β-unsaturated/α-hetero) is 1. The number of methoxy groups -OCH3 is 2. The number of anilines is 1. The molecule has 1 aliphatic heterocycles. The molecule has 1 atom stereocenters. The highest BCUT2D eigenvalue weighted by molar-refractivity contribution is 6.07. The zero-order chi connectivity index (χ0) is 20.5. The molecule has 2 aromatic carbocycles. The van der Waals surface area contributed by atoms with Crippen molar-refractivity contribution in [2.24, 2.45) is 0 Å². The lowest BCUT2D eigenvalue weighted by Crippen LogP contribution is -2.40. The number of rotatable bonds is 4. The van der Waals surface area contributed by atoms with E-state index in [1.54, 1.807) is 49.5 Å². The third-order valence-electron chi connectivity index (χ3n) is 5.54. The van der Waals surface area contributed by atoms with Crippen LogP contribution in [0.5, 0.6) is 11.5 Å². The first-order chi connectivity index (χ1) is 14.0.